The molecule has 0 saturated carbocycles. The third-order valence-electron chi connectivity index (χ3n) is 1.85. The first-order valence-corrected chi connectivity index (χ1v) is 3.87. The molecule has 1 saturated heterocycles. The molecule has 0 spiro atoms. The molecule has 11 heavy (non-hydrogen) atoms. The molecule has 1 fully saturated rings. The van der Waals surface area contributed by atoms with E-state index >= 15 is 0 Å². The van der Waals surface area contributed by atoms with Crippen LogP contribution in [0.2, 0.25) is 0 Å². The van der Waals surface area contributed by atoms with Gasteiger partial charge in [0.05, 0.1) is 6.42 Å². The molecule has 0 bridgehead atoms. The molecule has 1 rings (SSSR count). The SMILES string of the molecule is C[C@@H]1CN[C@@H](CC(=O)O)CN1. The number of piperazine rings is 1. The van der Waals surface area contributed by atoms with E-state index in [9.17, 15) is 4.79 Å². The number of hydrogen-bond acceptors (Lipinski definition) is 3. The van der Waals surface area contributed by atoms with Gasteiger partial charge in [-0.1, -0.05) is 0 Å². The number of carbonyl (C=O) groups is 1. The van der Waals surface area contributed by atoms with Gasteiger partial charge in [-0.2, -0.15) is 0 Å². The fourth-order valence-corrected chi connectivity index (χ4v) is 1.19. The largest absolute Gasteiger partial charge is 0.481 e. The van der Waals surface area contributed by atoms with Crippen LogP contribution < -0.4 is 10.6 Å². The average Bonchev–Trinajstić information content (AvgIpc) is 1.93. The van der Waals surface area contributed by atoms with Crippen LogP contribution in [0.5, 0.6) is 0 Å². The molecule has 1 aliphatic heterocycles. The maximum absolute atomic E-state index is 10.3. The van der Waals surface area contributed by atoms with Crippen molar-refractivity contribution >= 4 is 5.97 Å². The van der Waals surface area contributed by atoms with Gasteiger partial charge in [-0.05, 0) is 6.92 Å². The summed E-state index contributed by atoms with van der Waals surface area (Å²) in [7, 11) is 0. The minimum Gasteiger partial charge on any atom is -0.481 e. The Balaban J connectivity index is 2.22. The molecule has 0 radical (unpaired) electrons. The second-order valence-electron chi connectivity index (χ2n) is 3.01. The lowest BCUT2D eigenvalue weighted by Gasteiger charge is -2.27. The van der Waals surface area contributed by atoms with Gasteiger partial charge in [0.25, 0.3) is 0 Å². The number of hydrogen-bond donors (Lipinski definition) is 3. The number of rotatable bonds is 2. The third kappa shape index (κ3) is 2.86. The summed E-state index contributed by atoms with van der Waals surface area (Å²) in [4.78, 5) is 10.3. The molecular formula is C7H14N2O2. The van der Waals surface area contributed by atoms with Crippen LogP contribution >= 0.6 is 0 Å². The first-order chi connectivity index (χ1) is 5.18. The van der Waals surface area contributed by atoms with Crippen LogP contribution in [0, 0.1) is 0 Å². The first-order valence-electron chi connectivity index (χ1n) is 3.87. The summed E-state index contributed by atoms with van der Waals surface area (Å²) in [6.45, 7) is 3.69. The molecule has 4 heteroatoms. The Labute approximate surface area is 66.0 Å². The second kappa shape index (κ2) is 3.69. The highest BCUT2D eigenvalue weighted by atomic mass is 16.4. The van der Waals surface area contributed by atoms with Gasteiger partial charge in [-0.3, -0.25) is 4.79 Å². The van der Waals surface area contributed by atoms with Crippen LogP contribution in [0.4, 0.5) is 0 Å². The van der Waals surface area contributed by atoms with E-state index in [0.717, 1.165) is 13.1 Å². The average molecular weight is 158 g/mol. The number of aliphatic carboxylic acids is 1. The summed E-state index contributed by atoms with van der Waals surface area (Å²) < 4.78 is 0. The van der Waals surface area contributed by atoms with E-state index in [1.165, 1.54) is 0 Å². The van der Waals surface area contributed by atoms with Crippen molar-refractivity contribution in [2.24, 2.45) is 0 Å². The Bertz CT molecular complexity index is 141. The fourth-order valence-electron chi connectivity index (χ4n) is 1.19. The van der Waals surface area contributed by atoms with Crippen molar-refractivity contribution in [2.45, 2.75) is 25.4 Å². The lowest BCUT2D eigenvalue weighted by molar-refractivity contribution is -0.137. The molecule has 0 aromatic carbocycles. The second-order valence-corrected chi connectivity index (χ2v) is 3.01. The predicted octanol–water partition coefficient (Wildman–Crippen LogP) is -0.589. The van der Waals surface area contributed by atoms with Crippen molar-refractivity contribution in [1.82, 2.24) is 10.6 Å². The lowest BCUT2D eigenvalue weighted by Crippen LogP contribution is -2.53. The van der Waals surface area contributed by atoms with E-state index in [0.29, 0.717) is 6.04 Å². The van der Waals surface area contributed by atoms with Crippen LogP contribution in [0.25, 0.3) is 0 Å². The van der Waals surface area contributed by atoms with E-state index < -0.39 is 5.97 Å². The Hall–Kier alpha value is -0.610. The summed E-state index contributed by atoms with van der Waals surface area (Å²) in [6.07, 6.45) is 0.208. The van der Waals surface area contributed by atoms with Gasteiger partial charge >= 0.3 is 5.97 Å². The van der Waals surface area contributed by atoms with Gasteiger partial charge in [-0.15, -0.1) is 0 Å². The Kier molecular flexibility index (Phi) is 2.84. The summed E-state index contributed by atoms with van der Waals surface area (Å²) in [6, 6.07) is 0.559. The first kappa shape index (κ1) is 8.49. The predicted molar refractivity (Wildman–Crippen MR) is 41.5 cm³/mol. The highest BCUT2D eigenvalue weighted by molar-refractivity contribution is 5.67. The molecule has 3 N–H and O–H groups in total. The van der Waals surface area contributed by atoms with E-state index in [1.54, 1.807) is 0 Å². The zero-order valence-electron chi connectivity index (χ0n) is 6.63. The van der Waals surface area contributed by atoms with Crippen molar-refractivity contribution in [2.75, 3.05) is 13.1 Å². The monoisotopic (exact) mass is 158 g/mol. The van der Waals surface area contributed by atoms with Crippen molar-refractivity contribution < 1.29 is 9.90 Å². The van der Waals surface area contributed by atoms with Crippen LogP contribution in [-0.4, -0.2) is 36.2 Å². The molecule has 64 valence electrons. The number of carboxylic acid groups (broad SMARTS) is 1. The molecule has 2 atom stereocenters. The van der Waals surface area contributed by atoms with Crippen molar-refractivity contribution in [3.8, 4) is 0 Å². The summed E-state index contributed by atoms with van der Waals surface area (Å²) >= 11 is 0. The maximum Gasteiger partial charge on any atom is 0.304 e. The van der Waals surface area contributed by atoms with Crippen LogP contribution in [0.15, 0.2) is 0 Å². The standard InChI is InChI=1S/C7H14N2O2/c1-5-3-9-6(4-8-5)2-7(10)11/h5-6,8-9H,2-4H2,1H3,(H,10,11)/t5-,6+/m1/s1. The van der Waals surface area contributed by atoms with E-state index in [-0.39, 0.29) is 12.5 Å². The van der Waals surface area contributed by atoms with Gasteiger partial charge in [-0.25, -0.2) is 0 Å². The summed E-state index contributed by atoms with van der Waals surface area (Å²) in [5.41, 5.74) is 0. The molecule has 0 aromatic rings. The molecule has 1 aliphatic rings. The number of nitrogens with one attached hydrogen (secondary N) is 2. The zero-order valence-corrected chi connectivity index (χ0v) is 6.63. The summed E-state index contributed by atoms with van der Waals surface area (Å²) in [5, 5.41) is 14.8. The molecular weight excluding hydrogens is 144 g/mol. The molecule has 4 nitrogen and oxygen atoms in total. The van der Waals surface area contributed by atoms with Crippen LogP contribution in [0.1, 0.15) is 13.3 Å². The minimum absolute atomic E-state index is 0.101. The smallest absolute Gasteiger partial charge is 0.304 e. The molecule has 0 amide bonds. The topological polar surface area (TPSA) is 61.4 Å². The number of carboxylic acids is 1. The minimum atomic E-state index is -0.737. The van der Waals surface area contributed by atoms with Crippen molar-refractivity contribution in [1.29, 1.82) is 0 Å². The van der Waals surface area contributed by atoms with E-state index in [1.807, 2.05) is 0 Å². The van der Waals surface area contributed by atoms with Crippen LogP contribution in [0.3, 0.4) is 0 Å². The highest BCUT2D eigenvalue weighted by Gasteiger charge is 2.18. The molecule has 1 heterocycles. The lowest BCUT2D eigenvalue weighted by atomic mass is 10.1. The van der Waals surface area contributed by atoms with Crippen molar-refractivity contribution in [3.63, 3.8) is 0 Å². The highest BCUT2D eigenvalue weighted by Crippen LogP contribution is 1.96. The Morgan fingerprint density at radius 3 is 2.73 bits per heavy atom. The molecule has 0 aromatic heterocycles. The van der Waals surface area contributed by atoms with Gasteiger partial charge in [0.2, 0.25) is 0 Å². The van der Waals surface area contributed by atoms with Gasteiger partial charge < -0.3 is 15.7 Å². The summed E-state index contributed by atoms with van der Waals surface area (Å²) in [5.74, 6) is -0.737. The molecule has 0 aliphatic carbocycles. The van der Waals surface area contributed by atoms with E-state index in [2.05, 4.69) is 17.6 Å². The zero-order chi connectivity index (χ0) is 8.27. The molecule has 0 unspecified atom stereocenters. The van der Waals surface area contributed by atoms with Gasteiger partial charge in [0, 0.05) is 25.2 Å². The Morgan fingerprint density at radius 1 is 1.55 bits per heavy atom. The fraction of sp³-hybridized carbons (Fsp3) is 0.857. The third-order valence-corrected chi connectivity index (χ3v) is 1.85. The van der Waals surface area contributed by atoms with Gasteiger partial charge in [0.1, 0.15) is 0 Å². The normalized spacial score (nSPS) is 31.7. The Morgan fingerprint density at radius 2 is 2.27 bits per heavy atom. The van der Waals surface area contributed by atoms with Crippen LogP contribution in [-0.2, 0) is 4.79 Å². The van der Waals surface area contributed by atoms with E-state index in [4.69, 9.17) is 5.11 Å². The quantitative estimate of drug-likeness (QED) is 0.503. The van der Waals surface area contributed by atoms with Gasteiger partial charge in [0.15, 0.2) is 0 Å². The maximum atomic E-state index is 10.3. The van der Waals surface area contributed by atoms with Crippen molar-refractivity contribution in [3.05, 3.63) is 0 Å².